The highest BCUT2D eigenvalue weighted by Gasteiger charge is 2.27. The van der Waals surface area contributed by atoms with Gasteiger partial charge < -0.3 is 15.0 Å². The molecule has 0 spiro atoms. The predicted octanol–water partition coefficient (Wildman–Crippen LogP) is 3.69. The normalized spacial score (nSPS) is 17.2. The van der Waals surface area contributed by atoms with Crippen molar-refractivity contribution in [1.29, 1.82) is 0 Å². The van der Waals surface area contributed by atoms with E-state index < -0.39 is 0 Å². The highest BCUT2D eigenvalue weighted by Crippen LogP contribution is 2.28. The molecule has 1 amide bonds. The minimum absolute atomic E-state index is 0.0948. The first-order chi connectivity index (χ1) is 12.2. The number of benzene rings is 1. The van der Waals surface area contributed by atoms with Gasteiger partial charge >= 0.3 is 0 Å². The lowest BCUT2D eigenvalue weighted by atomic mass is 9.95. The van der Waals surface area contributed by atoms with Gasteiger partial charge in [0.2, 0.25) is 5.91 Å². The summed E-state index contributed by atoms with van der Waals surface area (Å²) in [7, 11) is 1.66. The van der Waals surface area contributed by atoms with Crippen LogP contribution in [0.4, 0.5) is 0 Å². The fourth-order valence-corrected chi connectivity index (χ4v) is 4.14. The Balaban J connectivity index is 1.73. The minimum Gasteiger partial charge on any atom is -0.497 e. The zero-order valence-corrected chi connectivity index (χ0v) is 15.7. The maximum Gasteiger partial charge on any atom is 0.223 e. The molecule has 0 bridgehead atoms. The third kappa shape index (κ3) is 4.41. The standard InChI is InChI=1S/C20H26N2O2S/c1-3-22-12-10-16(11-13-22)20(23)21-19(18-5-4-14-25-18)15-6-8-17(24-2)9-7-15/h4-9,14,16,19H,3,10-13H2,1-2H3,(H,21,23). The molecule has 1 saturated heterocycles. The van der Waals surface area contributed by atoms with Crippen LogP contribution in [0.2, 0.25) is 0 Å². The molecule has 1 unspecified atom stereocenters. The molecule has 2 heterocycles. The van der Waals surface area contributed by atoms with Gasteiger partial charge in [-0.1, -0.05) is 25.1 Å². The number of ether oxygens (including phenoxy) is 1. The van der Waals surface area contributed by atoms with Crippen LogP contribution in [0.3, 0.4) is 0 Å². The van der Waals surface area contributed by atoms with Crippen LogP contribution in [-0.4, -0.2) is 37.6 Å². The molecule has 25 heavy (non-hydrogen) atoms. The largest absolute Gasteiger partial charge is 0.497 e. The van der Waals surface area contributed by atoms with Crippen molar-refractivity contribution in [3.05, 3.63) is 52.2 Å². The fraction of sp³-hybridized carbons (Fsp3) is 0.450. The number of thiophene rings is 1. The molecular weight excluding hydrogens is 332 g/mol. The van der Waals surface area contributed by atoms with Gasteiger partial charge in [-0.05, 0) is 61.6 Å². The molecule has 1 aromatic carbocycles. The Hall–Kier alpha value is -1.85. The Kier molecular flexibility index (Phi) is 6.10. The average Bonchev–Trinajstić information content (AvgIpc) is 3.20. The van der Waals surface area contributed by atoms with E-state index in [4.69, 9.17) is 4.74 Å². The molecule has 1 N–H and O–H groups in total. The maximum absolute atomic E-state index is 12.8. The molecule has 1 fully saturated rings. The highest BCUT2D eigenvalue weighted by molar-refractivity contribution is 7.10. The number of carbonyl (C=O) groups excluding carboxylic acids is 1. The summed E-state index contributed by atoms with van der Waals surface area (Å²) in [6, 6.07) is 12.0. The first kappa shape index (κ1) is 18.0. The van der Waals surface area contributed by atoms with E-state index in [0.717, 1.165) is 48.7 Å². The first-order valence-corrected chi connectivity index (χ1v) is 9.79. The van der Waals surface area contributed by atoms with Crippen molar-refractivity contribution >= 4 is 17.2 Å². The lowest BCUT2D eigenvalue weighted by molar-refractivity contribution is -0.126. The monoisotopic (exact) mass is 358 g/mol. The van der Waals surface area contributed by atoms with Gasteiger partial charge in [0, 0.05) is 10.8 Å². The van der Waals surface area contributed by atoms with Crippen LogP contribution >= 0.6 is 11.3 Å². The number of nitrogens with one attached hydrogen (secondary N) is 1. The van der Waals surface area contributed by atoms with Crippen LogP contribution in [-0.2, 0) is 4.79 Å². The highest BCUT2D eigenvalue weighted by atomic mass is 32.1. The van der Waals surface area contributed by atoms with Crippen molar-refractivity contribution in [3.8, 4) is 5.75 Å². The number of methoxy groups -OCH3 is 1. The second-order valence-corrected chi connectivity index (χ2v) is 7.42. The SMILES string of the molecule is CCN1CCC(C(=O)NC(c2ccc(OC)cc2)c2cccs2)CC1. The van der Waals surface area contributed by atoms with Crippen LogP contribution in [0.25, 0.3) is 0 Å². The first-order valence-electron chi connectivity index (χ1n) is 8.91. The van der Waals surface area contributed by atoms with Gasteiger partial charge in [0.15, 0.2) is 0 Å². The van der Waals surface area contributed by atoms with Gasteiger partial charge in [-0.15, -0.1) is 11.3 Å². The Labute approximate surface area is 153 Å². The van der Waals surface area contributed by atoms with Crippen molar-refractivity contribution in [2.75, 3.05) is 26.7 Å². The van der Waals surface area contributed by atoms with Gasteiger partial charge in [0.05, 0.1) is 13.2 Å². The number of hydrogen-bond donors (Lipinski definition) is 1. The van der Waals surface area contributed by atoms with Gasteiger partial charge in [-0.2, -0.15) is 0 Å². The molecule has 0 aliphatic carbocycles. The second kappa shape index (κ2) is 8.50. The van der Waals surface area contributed by atoms with Crippen LogP contribution in [0.15, 0.2) is 41.8 Å². The predicted molar refractivity (Wildman–Crippen MR) is 102 cm³/mol. The number of likely N-dealkylation sites (tertiary alicyclic amines) is 1. The maximum atomic E-state index is 12.8. The number of amides is 1. The smallest absolute Gasteiger partial charge is 0.223 e. The van der Waals surface area contributed by atoms with E-state index in [-0.39, 0.29) is 17.9 Å². The Morgan fingerprint density at radius 3 is 2.56 bits per heavy atom. The van der Waals surface area contributed by atoms with E-state index in [1.165, 1.54) is 0 Å². The molecule has 0 saturated carbocycles. The molecule has 1 aromatic heterocycles. The molecule has 3 rings (SSSR count). The number of hydrogen-bond acceptors (Lipinski definition) is 4. The van der Waals surface area contributed by atoms with Crippen molar-refractivity contribution in [2.45, 2.75) is 25.8 Å². The van der Waals surface area contributed by atoms with E-state index in [0.29, 0.717) is 0 Å². The Morgan fingerprint density at radius 1 is 1.28 bits per heavy atom. The molecule has 4 nitrogen and oxygen atoms in total. The van der Waals surface area contributed by atoms with Crippen LogP contribution in [0, 0.1) is 5.92 Å². The summed E-state index contributed by atoms with van der Waals surface area (Å²) in [4.78, 5) is 16.4. The summed E-state index contributed by atoms with van der Waals surface area (Å²) in [5, 5.41) is 5.34. The van der Waals surface area contributed by atoms with Crippen molar-refractivity contribution in [1.82, 2.24) is 10.2 Å². The average molecular weight is 359 g/mol. The number of piperidine rings is 1. The third-order valence-electron chi connectivity index (χ3n) is 4.97. The number of carbonyl (C=O) groups is 1. The van der Waals surface area contributed by atoms with Gasteiger partial charge in [0.25, 0.3) is 0 Å². The Morgan fingerprint density at radius 2 is 2.00 bits per heavy atom. The van der Waals surface area contributed by atoms with E-state index in [9.17, 15) is 4.79 Å². The zero-order valence-electron chi connectivity index (χ0n) is 14.9. The van der Waals surface area contributed by atoms with Gasteiger partial charge in [-0.3, -0.25) is 4.79 Å². The Bertz CT molecular complexity index is 662. The summed E-state index contributed by atoms with van der Waals surface area (Å²) in [5.74, 6) is 1.11. The molecule has 5 heteroatoms. The number of rotatable bonds is 6. The summed E-state index contributed by atoms with van der Waals surface area (Å²) < 4.78 is 5.25. The fourth-order valence-electron chi connectivity index (χ4n) is 3.34. The summed E-state index contributed by atoms with van der Waals surface area (Å²) in [5.41, 5.74) is 1.09. The number of nitrogens with zero attached hydrogens (tertiary/aromatic N) is 1. The van der Waals surface area contributed by atoms with Crippen molar-refractivity contribution < 1.29 is 9.53 Å². The van der Waals surface area contributed by atoms with Crippen molar-refractivity contribution in [3.63, 3.8) is 0 Å². The zero-order chi connectivity index (χ0) is 17.6. The van der Waals surface area contributed by atoms with E-state index in [2.05, 4.69) is 28.6 Å². The van der Waals surface area contributed by atoms with Crippen LogP contribution in [0.5, 0.6) is 5.75 Å². The van der Waals surface area contributed by atoms with E-state index >= 15 is 0 Å². The van der Waals surface area contributed by atoms with E-state index in [1.54, 1.807) is 18.4 Å². The molecule has 134 valence electrons. The lowest BCUT2D eigenvalue weighted by Crippen LogP contribution is -2.41. The molecule has 0 radical (unpaired) electrons. The van der Waals surface area contributed by atoms with Gasteiger partial charge in [0.1, 0.15) is 5.75 Å². The lowest BCUT2D eigenvalue weighted by Gasteiger charge is -2.31. The molecule has 1 aliphatic heterocycles. The topological polar surface area (TPSA) is 41.6 Å². The van der Waals surface area contributed by atoms with Crippen LogP contribution < -0.4 is 10.1 Å². The summed E-state index contributed by atoms with van der Waals surface area (Å²) >= 11 is 1.67. The van der Waals surface area contributed by atoms with E-state index in [1.807, 2.05) is 30.3 Å². The molecule has 1 atom stereocenters. The van der Waals surface area contributed by atoms with Crippen LogP contribution in [0.1, 0.15) is 36.2 Å². The summed E-state index contributed by atoms with van der Waals surface area (Å²) in [6.07, 6.45) is 1.89. The third-order valence-corrected chi connectivity index (χ3v) is 5.91. The molecular formula is C20H26N2O2S. The minimum atomic E-state index is -0.0948. The van der Waals surface area contributed by atoms with Crippen molar-refractivity contribution in [2.24, 2.45) is 5.92 Å². The van der Waals surface area contributed by atoms with Gasteiger partial charge in [-0.25, -0.2) is 0 Å². The molecule has 1 aliphatic rings. The molecule has 2 aromatic rings. The quantitative estimate of drug-likeness (QED) is 0.856. The second-order valence-electron chi connectivity index (χ2n) is 6.44. The summed E-state index contributed by atoms with van der Waals surface area (Å²) in [6.45, 7) is 5.27.